The van der Waals surface area contributed by atoms with Gasteiger partial charge in [-0.1, -0.05) is 87.8 Å². The van der Waals surface area contributed by atoms with Crippen LogP contribution in [0.3, 0.4) is 0 Å². The summed E-state index contributed by atoms with van der Waals surface area (Å²) in [5.41, 5.74) is 0.610. The average molecular weight is 1050 g/mol. The van der Waals surface area contributed by atoms with Crippen molar-refractivity contribution in [1.82, 2.24) is 35.6 Å². The number of cyclic esters (lactones) is 2. The predicted molar refractivity (Wildman–Crippen MR) is 279 cm³/mol. The van der Waals surface area contributed by atoms with E-state index in [2.05, 4.69) is 16.0 Å². The third-order valence-corrected chi connectivity index (χ3v) is 14.8. The van der Waals surface area contributed by atoms with E-state index < -0.39 is 126 Å². The van der Waals surface area contributed by atoms with Crippen molar-refractivity contribution in [2.75, 3.05) is 34.3 Å². The molecule has 0 bridgehead atoms. The van der Waals surface area contributed by atoms with Crippen molar-refractivity contribution < 1.29 is 62.5 Å². The maximum absolute atomic E-state index is 14.9. The van der Waals surface area contributed by atoms with Crippen LogP contribution in [-0.2, 0) is 59.0 Å². The second kappa shape index (κ2) is 27.8. The molecule has 0 saturated carbocycles. The van der Waals surface area contributed by atoms with Gasteiger partial charge in [-0.05, 0) is 86.8 Å². The van der Waals surface area contributed by atoms with E-state index in [1.54, 1.807) is 63.8 Å². The summed E-state index contributed by atoms with van der Waals surface area (Å²) in [7, 11) is 4.42. The number of esters is 2. The molecule has 75 heavy (non-hydrogen) atoms. The number of ether oxygens (including phenoxy) is 3. The number of rotatable bonds is 15. The van der Waals surface area contributed by atoms with E-state index in [0.717, 1.165) is 0 Å². The van der Waals surface area contributed by atoms with Crippen molar-refractivity contribution in [1.29, 1.82) is 0 Å². The molecular weight excluding hydrogens is 967 g/mol. The molecule has 0 radical (unpaired) electrons. The minimum absolute atomic E-state index is 0.0819. The molecule has 1 unspecified atom stereocenters. The van der Waals surface area contributed by atoms with Gasteiger partial charge in [0.05, 0.1) is 25.7 Å². The molecule has 3 aliphatic rings. The molecule has 1 aromatic carbocycles. The first kappa shape index (κ1) is 61.8. The van der Waals surface area contributed by atoms with Gasteiger partial charge in [-0.15, -0.1) is 0 Å². The molecule has 20 heteroatoms. The number of amides is 7. The van der Waals surface area contributed by atoms with E-state index in [1.807, 2.05) is 34.6 Å². The van der Waals surface area contributed by atoms with Crippen LogP contribution in [0.25, 0.3) is 0 Å². The van der Waals surface area contributed by atoms with Crippen LogP contribution in [0.2, 0.25) is 0 Å². The lowest BCUT2D eigenvalue weighted by Gasteiger charge is -2.36. The van der Waals surface area contributed by atoms with Gasteiger partial charge in [0.1, 0.15) is 48.1 Å². The molecule has 1 aromatic rings. The topological polar surface area (TPSA) is 251 Å². The molecule has 7 amide bonds. The van der Waals surface area contributed by atoms with Crippen LogP contribution in [-0.4, -0.2) is 173 Å². The summed E-state index contributed by atoms with van der Waals surface area (Å²) >= 11 is 0. The Hall–Kier alpha value is -5.79. The van der Waals surface area contributed by atoms with Crippen LogP contribution in [0.4, 0.5) is 0 Å². The Morgan fingerprint density at radius 2 is 1.51 bits per heavy atom. The maximum Gasteiger partial charge on any atom is 0.329 e. The van der Waals surface area contributed by atoms with E-state index in [0.29, 0.717) is 43.5 Å². The monoisotopic (exact) mass is 1050 g/mol. The first-order valence-electron chi connectivity index (χ1n) is 27.0. The summed E-state index contributed by atoms with van der Waals surface area (Å²) in [5, 5.41) is 20.2. The Balaban J connectivity index is 1.87. The summed E-state index contributed by atoms with van der Waals surface area (Å²) in [5.74, 6) is -7.19. The number of nitrogens with one attached hydrogen (secondary N) is 3. The second-order valence-electron chi connectivity index (χ2n) is 22.3. The van der Waals surface area contributed by atoms with Gasteiger partial charge in [-0.25, -0.2) is 4.79 Å². The first-order valence-corrected chi connectivity index (χ1v) is 27.0. The van der Waals surface area contributed by atoms with E-state index in [9.17, 15) is 48.3 Å². The number of aliphatic hydroxyl groups is 1. The van der Waals surface area contributed by atoms with E-state index >= 15 is 0 Å². The van der Waals surface area contributed by atoms with Crippen molar-refractivity contribution in [2.24, 2.45) is 29.6 Å². The van der Waals surface area contributed by atoms with Crippen LogP contribution in [0.1, 0.15) is 133 Å². The number of carbonyl (C=O) groups is 9. The second-order valence-corrected chi connectivity index (χ2v) is 22.3. The van der Waals surface area contributed by atoms with Gasteiger partial charge in [0.25, 0.3) is 5.91 Å². The Labute approximate surface area is 444 Å². The molecule has 3 aliphatic heterocycles. The summed E-state index contributed by atoms with van der Waals surface area (Å²) < 4.78 is 17.3. The number of carbonyl (C=O) groups excluding carboxylic acids is 9. The number of hydrogen-bond acceptors (Lipinski definition) is 13. The molecule has 0 aliphatic carbocycles. The lowest BCUT2D eigenvalue weighted by Crippen LogP contribution is -2.62. The zero-order valence-corrected chi connectivity index (χ0v) is 46.9. The number of benzene rings is 1. The predicted octanol–water partition coefficient (Wildman–Crippen LogP) is 3.39. The van der Waals surface area contributed by atoms with Gasteiger partial charge in [-0.3, -0.25) is 38.4 Å². The Bertz CT molecular complexity index is 2170. The minimum Gasteiger partial charge on any atom is -0.497 e. The molecule has 3 heterocycles. The molecule has 4 rings (SSSR count). The molecule has 20 nitrogen and oxygen atoms in total. The zero-order chi connectivity index (χ0) is 56.2. The number of hydrogen-bond donors (Lipinski definition) is 4. The SMILES string of the molecule is CC[C@H](C)[C@H]1NC(=O)[C@@H](NC(=O)[C@@H](CC(C)C)N(C)C(=O)[C@@H]2CCCN2C(=O)C(C)C)[C@@H](C)OC(=O)[C@H](Cc2ccc(OC)cc2)N(C)C(=O)C2CCCN2C(=O)[C@H](CC(C)C)NC(=O)[C@H](C(C)C)OC(=O)C[C@@H]1O. The molecule has 420 valence electrons. The fourth-order valence-electron chi connectivity index (χ4n) is 10.2. The fourth-order valence-corrected chi connectivity index (χ4v) is 10.2. The smallest absolute Gasteiger partial charge is 0.329 e. The van der Waals surface area contributed by atoms with Crippen LogP contribution < -0.4 is 20.7 Å². The maximum atomic E-state index is 14.9. The van der Waals surface area contributed by atoms with E-state index in [-0.39, 0.29) is 55.9 Å². The van der Waals surface area contributed by atoms with Crippen LogP contribution in [0.5, 0.6) is 5.75 Å². The first-order chi connectivity index (χ1) is 35.2. The third-order valence-electron chi connectivity index (χ3n) is 14.8. The van der Waals surface area contributed by atoms with Crippen molar-refractivity contribution in [3.8, 4) is 5.75 Å². The summed E-state index contributed by atoms with van der Waals surface area (Å²) in [6.07, 6.45) is -2.79. The summed E-state index contributed by atoms with van der Waals surface area (Å²) in [4.78, 5) is 135. The van der Waals surface area contributed by atoms with Gasteiger partial charge < -0.3 is 54.9 Å². The van der Waals surface area contributed by atoms with Crippen molar-refractivity contribution in [3.63, 3.8) is 0 Å². The average Bonchev–Trinajstić information content (AvgIpc) is 4.06. The molecular formula is C55H87N7O13. The molecule has 0 spiro atoms. The van der Waals surface area contributed by atoms with Crippen LogP contribution >= 0.6 is 0 Å². The number of fused-ring (bicyclic) bond motifs is 1. The number of methoxy groups -OCH3 is 1. The normalized spacial score (nSPS) is 26.8. The quantitative estimate of drug-likeness (QED) is 0.184. The molecule has 3 fully saturated rings. The third kappa shape index (κ3) is 16.1. The standard InChI is InChI=1S/C55H87N7O13/c1-15-34(10)45-43(63)29-44(64)75-47(32(6)7)50(67)56-38(26-30(2)3)52(69)62-25-17-19-40(62)54(71)60(13)42(28-36-20-22-37(73-14)23-21-36)55(72)74-35(11)46(49(66)57-45)58-48(65)41(27-31(4)5)59(12)53(70)39-18-16-24-61(39)51(68)33(8)9/h20-23,30-35,38-43,45-47,63H,15-19,24-29H2,1-14H3,(H,56,67)(H,57,66)(H,58,65)/t34-,35+,38-,39-,40?,41+,42-,43-,45+,46-,47-/m0/s1. The number of nitrogens with zero attached hydrogens (tertiary/aromatic N) is 4. The van der Waals surface area contributed by atoms with Crippen molar-refractivity contribution in [3.05, 3.63) is 29.8 Å². The van der Waals surface area contributed by atoms with E-state index in [4.69, 9.17) is 14.2 Å². The lowest BCUT2D eigenvalue weighted by atomic mass is 9.92. The molecule has 4 N–H and O–H groups in total. The van der Waals surface area contributed by atoms with E-state index in [1.165, 1.54) is 42.8 Å². The van der Waals surface area contributed by atoms with Gasteiger partial charge in [0.15, 0.2) is 6.10 Å². The summed E-state index contributed by atoms with van der Waals surface area (Å²) in [6, 6.07) is -1.49. The van der Waals surface area contributed by atoms with Gasteiger partial charge in [-0.2, -0.15) is 0 Å². The number of likely N-dealkylation sites (tertiary alicyclic amines) is 1. The van der Waals surface area contributed by atoms with Crippen LogP contribution in [0, 0.1) is 29.6 Å². The lowest BCUT2D eigenvalue weighted by molar-refractivity contribution is -0.162. The largest absolute Gasteiger partial charge is 0.497 e. The van der Waals surface area contributed by atoms with Crippen molar-refractivity contribution >= 4 is 53.3 Å². The van der Waals surface area contributed by atoms with Gasteiger partial charge in [0, 0.05) is 39.5 Å². The highest BCUT2D eigenvalue weighted by molar-refractivity contribution is 5.97. The number of likely N-dealkylation sites (N-methyl/N-ethyl adjacent to an activating group) is 2. The van der Waals surface area contributed by atoms with Crippen LogP contribution in [0.15, 0.2) is 24.3 Å². The fraction of sp³-hybridized carbons (Fsp3) is 0.727. The highest BCUT2D eigenvalue weighted by atomic mass is 16.6. The summed E-state index contributed by atoms with van der Waals surface area (Å²) in [6.45, 7) is 19.9. The molecule has 3 saturated heterocycles. The highest BCUT2D eigenvalue weighted by Gasteiger charge is 2.45. The zero-order valence-electron chi connectivity index (χ0n) is 46.9. The van der Waals surface area contributed by atoms with Gasteiger partial charge >= 0.3 is 11.9 Å². The van der Waals surface area contributed by atoms with Crippen molar-refractivity contribution in [2.45, 2.75) is 195 Å². The Morgan fingerprint density at radius 1 is 0.867 bits per heavy atom. The molecule has 11 atom stereocenters. The Morgan fingerprint density at radius 3 is 2.08 bits per heavy atom. The Kier molecular flexibility index (Phi) is 22.9. The molecule has 0 aromatic heterocycles. The highest BCUT2D eigenvalue weighted by Crippen LogP contribution is 2.27. The number of aliphatic hydroxyl groups excluding tert-OH is 1. The van der Waals surface area contributed by atoms with Gasteiger partial charge in [0.2, 0.25) is 35.4 Å². The minimum atomic E-state index is -1.69.